The first-order valence-corrected chi connectivity index (χ1v) is 8.30. The molecule has 0 radical (unpaired) electrons. The van der Waals surface area contributed by atoms with Crippen molar-refractivity contribution in [3.8, 4) is 22.6 Å². The highest BCUT2D eigenvalue weighted by atomic mass is 19.4. The molecule has 0 N–H and O–H groups in total. The van der Waals surface area contributed by atoms with Gasteiger partial charge in [0.1, 0.15) is 23.7 Å². The minimum atomic E-state index is -4.85. The second-order valence-electron chi connectivity index (χ2n) is 6.27. The van der Waals surface area contributed by atoms with E-state index in [1.165, 1.54) is 49.6 Å². The first kappa shape index (κ1) is 19.5. The SMILES string of the molecule is C=C(C)COc1ccc2c(=O)c(-c3ccc(OC)cc3)c(C(F)(F)F)oc2c1. The molecule has 7 heteroatoms. The van der Waals surface area contributed by atoms with Gasteiger partial charge in [-0.15, -0.1) is 0 Å². The minimum Gasteiger partial charge on any atom is -0.497 e. The molecule has 1 heterocycles. The van der Waals surface area contributed by atoms with Crippen LogP contribution < -0.4 is 14.9 Å². The Balaban J connectivity index is 2.22. The summed E-state index contributed by atoms with van der Waals surface area (Å²) >= 11 is 0. The molecule has 0 aliphatic carbocycles. The number of halogens is 3. The van der Waals surface area contributed by atoms with Crippen LogP contribution in [0, 0.1) is 0 Å². The van der Waals surface area contributed by atoms with Crippen LogP contribution in [0.1, 0.15) is 12.7 Å². The molecule has 0 atom stereocenters. The van der Waals surface area contributed by atoms with Crippen molar-refractivity contribution in [2.45, 2.75) is 13.1 Å². The van der Waals surface area contributed by atoms with Crippen LogP contribution in [-0.2, 0) is 6.18 Å². The fraction of sp³-hybridized carbons (Fsp3) is 0.190. The summed E-state index contributed by atoms with van der Waals surface area (Å²) in [6.45, 7) is 5.65. The molecule has 1 aromatic heterocycles. The fourth-order valence-corrected chi connectivity index (χ4v) is 2.69. The average Bonchev–Trinajstić information content (AvgIpc) is 2.65. The number of hydrogen-bond donors (Lipinski definition) is 0. The number of ether oxygens (including phenoxy) is 2. The topological polar surface area (TPSA) is 48.7 Å². The van der Waals surface area contributed by atoms with E-state index < -0.39 is 22.9 Å². The number of hydrogen-bond acceptors (Lipinski definition) is 4. The van der Waals surface area contributed by atoms with Gasteiger partial charge in [0.05, 0.1) is 18.1 Å². The summed E-state index contributed by atoms with van der Waals surface area (Å²) in [5, 5.41) is 0.0292. The zero-order valence-corrected chi connectivity index (χ0v) is 15.2. The van der Waals surface area contributed by atoms with Crippen LogP contribution in [0.5, 0.6) is 11.5 Å². The van der Waals surface area contributed by atoms with Gasteiger partial charge in [-0.2, -0.15) is 13.2 Å². The Kier molecular flexibility index (Phi) is 5.18. The maximum absolute atomic E-state index is 13.6. The fourth-order valence-electron chi connectivity index (χ4n) is 2.69. The number of benzene rings is 2. The largest absolute Gasteiger partial charge is 0.497 e. The smallest absolute Gasteiger partial charge is 0.450 e. The number of alkyl halides is 3. The van der Waals surface area contributed by atoms with E-state index in [-0.39, 0.29) is 28.9 Å². The highest BCUT2D eigenvalue weighted by molar-refractivity contribution is 5.84. The lowest BCUT2D eigenvalue weighted by Gasteiger charge is -2.14. The van der Waals surface area contributed by atoms with Crippen molar-refractivity contribution in [1.29, 1.82) is 0 Å². The minimum absolute atomic E-state index is 0.0292. The van der Waals surface area contributed by atoms with Crippen LogP contribution in [0.15, 0.2) is 63.8 Å². The van der Waals surface area contributed by atoms with E-state index in [1.54, 1.807) is 6.92 Å². The van der Waals surface area contributed by atoms with Crippen LogP contribution in [0.4, 0.5) is 13.2 Å². The van der Waals surface area contributed by atoms with Crippen LogP contribution in [0.25, 0.3) is 22.1 Å². The molecule has 0 aliphatic heterocycles. The van der Waals surface area contributed by atoms with E-state index in [2.05, 4.69) is 6.58 Å². The van der Waals surface area contributed by atoms with E-state index in [0.29, 0.717) is 5.75 Å². The Morgan fingerprint density at radius 1 is 1.11 bits per heavy atom. The number of methoxy groups -OCH3 is 1. The van der Waals surface area contributed by atoms with Gasteiger partial charge in [0, 0.05) is 6.07 Å². The molecule has 0 fully saturated rings. The summed E-state index contributed by atoms with van der Waals surface area (Å²) < 4.78 is 56.5. The first-order chi connectivity index (χ1) is 13.2. The molecule has 28 heavy (non-hydrogen) atoms. The van der Waals surface area contributed by atoms with Gasteiger partial charge >= 0.3 is 6.18 Å². The van der Waals surface area contributed by atoms with E-state index >= 15 is 0 Å². The summed E-state index contributed by atoms with van der Waals surface area (Å²) in [5.74, 6) is -0.613. The standard InChI is InChI=1S/C21H17F3O4/c1-12(2)11-27-15-8-9-16-17(10-15)28-20(21(22,23)24)18(19(16)25)13-4-6-14(26-3)7-5-13/h4-10H,1,11H2,2-3H3. The van der Waals surface area contributed by atoms with Gasteiger partial charge in [-0.1, -0.05) is 18.7 Å². The molecular weight excluding hydrogens is 373 g/mol. The van der Waals surface area contributed by atoms with E-state index in [4.69, 9.17) is 13.9 Å². The van der Waals surface area contributed by atoms with Gasteiger partial charge in [0.15, 0.2) is 0 Å². The lowest BCUT2D eigenvalue weighted by Crippen LogP contribution is -2.16. The predicted molar refractivity (Wildman–Crippen MR) is 99.8 cm³/mol. The highest BCUT2D eigenvalue weighted by Gasteiger charge is 2.39. The van der Waals surface area contributed by atoms with Crippen molar-refractivity contribution in [2.75, 3.05) is 13.7 Å². The molecule has 2 aromatic carbocycles. The third-order valence-corrected chi connectivity index (χ3v) is 3.99. The molecule has 0 saturated carbocycles. The quantitative estimate of drug-likeness (QED) is 0.544. The van der Waals surface area contributed by atoms with E-state index in [9.17, 15) is 18.0 Å². The molecule has 4 nitrogen and oxygen atoms in total. The normalized spacial score (nSPS) is 11.5. The third-order valence-electron chi connectivity index (χ3n) is 3.99. The molecule has 3 rings (SSSR count). The van der Waals surface area contributed by atoms with Crippen LogP contribution in [-0.4, -0.2) is 13.7 Å². The Labute approximate surface area is 158 Å². The molecule has 0 aliphatic rings. The number of fused-ring (bicyclic) bond motifs is 1. The van der Waals surface area contributed by atoms with Crippen molar-refractivity contribution in [2.24, 2.45) is 0 Å². The van der Waals surface area contributed by atoms with Gasteiger partial charge in [-0.25, -0.2) is 0 Å². The zero-order chi connectivity index (χ0) is 20.5. The molecule has 0 amide bonds. The van der Waals surface area contributed by atoms with Crippen molar-refractivity contribution in [3.05, 3.63) is 70.6 Å². The average molecular weight is 390 g/mol. The maximum Gasteiger partial charge on any atom is 0.450 e. The van der Waals surface area contributed by atoms with E-state index in [1.807, 2.05) is 0 Å². The van der Waals surface area contributed by atoms with Crippen molar-refractivity contribution < 1.29 is 27.1 Å². The summed E-state index contributed by atoms with van der Waals surface area (Å²) in [5.41, 5.74) is -0.684. The van der Waals surface area contributed by atoms with Crippen LogP contribution in [0.2, 0.25) is 0 Å². The molecule has 0 saturated heterocycles. The Hall–Kier alpha value is -3.22. The Morgan fingerprint density at radius 2 is 1.75 bits per heavy atom. The van der Waals surface area contributed by atoms with Gasteiger partial charge in [0.2, 0.25) is 11.2 Å². The third kappa shape index (κ3) is 3.88. The van der Waals surface area contributed by atoms with Crippen LogP contribution >= 0.6 is 0 Å². The van der Waals surface area contributed by atoms with E-state index in [0.717, 1.165) is 5.57 Å². The predicted octanol–water partition coefficient (Wildman–Crippen LogP) is 5.44. The summed E-state index contributed by atoms with van der Waals surface area (Å²) in [4.78, 5) is 12.9. The zero-order valence-electron chi connectivity index (χ0n) is 15.2. The lowest BCUT2D eigenvalue weighted by molar-refractivity contribution is -0.152. The van der Waals surface area contributed by atoms with Crippen molar-refractivity contribution >= 4 is 11.0 Å². The number of rotatable bonds is 5. The van der Waals surface area contributed by atoms with Crippen molar-refractivity contribution in [1.82, 2.24) is 0 Å². The molecule has 146 valence electrons. The van der Waals surface area contributed by atoms with Crippen molar-refractivity contribution in [3.63, 3.8) is 0 Å². The van der Waals surface area contributed by atoms with Gasteiger partial charge in [0.25, 0.3) is 0 Å². The molecule has 3 aromatic rings. The second kappa shape index (κ2) is 7.42. The van der Waals surface area contributed by atoms with Crippen LogP contribution in [0.3, 0.4) is 0 Å². The highest BCUT2D eigenvalue weighted by Crippen LogP contribution is 2.38. The summed E-state index contributed by atoms with van der Waals surface area (Å²) in [6.07, 6.45) is -4.85. The lowest BCUT2D eigenvalue weighted by atomic mass is 10.0. The van der Waals surface area contributed by atoms with Gasteiger partial charge in [-0.05, 0) is 42.3 Å². The maximum atomic E-state index is 13.6. The summed E-state index contributed by atoms with van der Waals surface area (Å²) in [6, 6.07) is 9.90. The van der Waals surface area contributed by atoms with Gasteiger partial charge in [-0.3, -0.25) is 4.79 Å². The molecule has 0 bridgehead atoms. The molecular formula is C21H17F3O4. The van der Waals surface area contributed by atoms with Gasteiger partial charge < -0.3 is 13.9 Å². The summed E-state index contributed by atoms with van der Waals surface area (Å²) in [7, 11) is 1.44. The second-order valence-corrected chi connectivity index (χ2v) is 6.27. The molecule has 0 unspecified atom stereocenters. The Morgan fingerprint density at radius 3 is 2.32 bits per heavy atom. The Bertz CT molecular complexity index is 1080. The first-order valence-electron chi connectivity index (χ1n) is 8.30. The molecule has 0 spiro atoms. The monoisotopic (exact) mass is 390 g/mol.